The van der Waals surface area contributed by atoms with Gasteiger partial charge in [0.1, 0.15) is 5.75 Å². The molecule has 0 spiro atoms. The number of benzene rings is 1. The van der Waals surface area contributed by atoms with E-state index in [-0.39, 0.29) is 22.7 Å². The summed E-state index contributed by atoms with van der Waals surface area (Å²) in [5, 5.41) is -0.711. The predicted molar refractivity (Wildman–Crippen MR) is 81.7 cm³/mol. The summed E-state index contributed by atoms with van der Waals surface area (Å²) in [6.45, 7) is 2.53. The second kappa shape index (κ2) is 6.46. The predicted octanol–water partition coefficient (Wildman–Crippen LogP) is 2.61. The zero-order chi connectivity index (χ0) is 15.6. The fourth-order valence-corrected chi connectivity index (χ4v) is 4.96. The average Bonchev–Trinajstić information content (AvgIpc) is 2.42. The highest BCUT2D eigenvalue weighted by Gasteiger charge is 2.38. The number of ether oxygens (including phenoxy) is 2. The summed E-state index contributed by atoms with van der Waals surface area (Å²) in [4.78, 5) is 12.1. The van der Waals surface area contributed by atoms with Crippen molar-refractivity contribution in [2.24, 2.45) is 0 Å². The second-order valence-corrected chi connectivity index (χ2v) is 8.03. The van der Waals surface area contributed by atoms with Gasteiger partial charge in [0.05, 0.1) is 21.2 Å². The molecule has 1 atom stereocenters. The molecule has 116 valence electrons. The van der Waals surface area contributed by atoms with Gasteiger partial charge in [-0.1, -0.05) is 0 Å². The Kier molecular flexibility index (Phi) is 5.06. The van der Waals surface area contributed by atoms with Gasteiger partial charge in [-0.2, -0.15) is 0 Å². The number of sulfone groups is 1. The standard InChI is InChI=1S/C14H17BrO5S/c1-9-8-11(16)10-4-5-12(20-7-3-6-19-2)13(15)14(10)21(9,17)18/h4-5,9H,3,6-8H2,1-2H3. The zero-order valence-electron chi connectivity index (χ0n) is 11.9. The number of fused-ring (bicyclic) bond motifs is 1. The van der Waals surface area contributed by atoms with Crippen LogP contribution in [0.25, 0.3) is 0 Å². The minimum Gasteiger partial charge on any atom is -0.492 e. The summed E-state index contributed by atoms with van der Waals surface area (Å²) >= 11 is 3.28. The van der Waals surface area contributed by atoms with E-state index in [1.165, 1.54) is 6.07 Å². The molecule has 7 heteroatoms. The fraction of sp³-hybridized carbons (Fsp3) is 0.500. The van der Waals surface area contributed by atoms with E-state index in [0.29, 0.717) is 29.9 Å². The molecule has 0 N–H and O–H groups in total. The SMILES string of the molecule is COCCCOc1ccc2c(c1Br)S(=O)(=O)C(C)CC2=O. The second-order valence-electron chi connectivity index (χ2n) is 4.93. The maximum atomic E-state index is 12.4. The lowest BCUT2D eigenvalue weighted by molar-refractivity contribution is 0.0975. The zero-order valence-corrected chi connectivity index (χ0v) is 14.3. The van der Waals surface area contributed by atoms with E-state index in [2.05, 4.69) is 15.9 Å². The lowest BCUT2D eigenvalue weighted by Gasteiger charge is -2.23. The van der Waals surface area contributed by atoms with Gasteiger partial charge in [-0.15, -0.1) is 0 Å². The fourth-order valence-electron chi connectivity index (χ4n) is 2.21. The van der Waals surface area contributed by atoms with Crippen LogP contribution >= 0.6 is 15.9 Å². The Labute approximate surface area is 132 Å². The molecular formula is C14H17BrO5S. The maximum Gasteiger partial charge on any atom is 0.183 e. The molecule has 1 aromatic carbocycles. The van der Waals surface area contributed by atoms with Crippen LogP contribution in [0, 0.1) is 0 Å². The molecule has 2 rings (SSSR count). The summed E-state index contributed by atoms with van der Waals surface area (Å²) < 4.78 is 35.7. The first-order valence-electron chi connectivity index (χ1n) is 6.61. The molecule has 0 bridgehead atoms. The van der Waals surface area contributed by atoms with Crippen molar-refractivity contribution in [2.75, 3.05) is 20.3 Å². The summed E-state index contributed by atoms with van der Waals surface area (Å²) in [5.74, 6) is 0.272. The molecule has 1 aliphatic rings. The number of methoxy groups -OCH3 is 1. The van der Waals surface area contributed by atoms with Crippen LogP contribution in [-0.2, 0) is 14.6 Å². The largest absolute Gasteiger partial charge is 0.492 e. The quantitative estimate of drug-likeness (QED) is 0.738. The van der Waals surface area contributed by atoms with Crippen molar-refractivity contribution < 1.29 is 22.7 Å². The van der Waals surface area contributed by atoms with Gasteiger partial charge in [-0.05, 0) is 35.0 Å². The third kappa shape index (κ3) is 3.14. The first-order chi connectivity index (χ1) is 9.89. The van der Waals surface area contributed by atoms with E-state index in [4.69, 9.17) is 9.47 Å². The van der Waals surface area contributed by atoms with E-state index in [1.54, 1.807) is 20.1 Å². The molecule has 0 aromatic heterocycles. The van der Waals surface area contributed by atoms with E-state index in [0.717, 1.165) is 0 Å². The van der Waals surface area contributed by atoms with Crippen LogP contribution < -0.4 is 4.74 Å². The third-order valence-electron chi connectivity index (χ3n) is 3.40. The first kappa shape index (κ1) is 16.5. The summed E-state index contributed by atoms with van der Waals surface area (Å²) in [7, 11) is -1.91. The highest BCUT2D eigenvalue weighted by molar-refractivity contribution is 9.10. The van der Waals surface area contributed by atoms with Crippen LogP contribution in [0.4, 0.5) is 0 Å². The Morgan fingerprint density at radius 1 is 1.33 bits per heavy atom. The number of ketones is 1. The number of hydrogen-bond acceptors (Lipinski definition) is 5. The van der Waals surface area contributed by atoms with Crippen molar-refractivity contribution in [1.29, 1.82) is 0 Å². The minimum absolute atomic E-state index is 0.0236. The van der Waals surface area contributed by atoms with Crippen LogP contribution in [0.2, 0.25) is 0 Å². The maximum absolute atomic E-state index is 12.4. The smallest absolute Gasteiger partial charge is 0.183 e. The monoisotopic (exact) mass is 376 g/mol. The number of rotatable bonds is 5. The summed E-state index contributed by atoms with van der Waals surface area (Å²) in [6, 6.07) is 3.15. The lowest BCUT2D eigenvalue weighted by Crippen LogP contribution is -2.29. The summed E-state index contributed by atoms with van der Waals surface area (Å²) in [5.41, 5.74) is 0.240. The molecule has 0 aliphatic carbocycles. The van der Waals surface area contributed by atoms with Crippen molar-refractivity contribution in [3.05, 3.63) is 22.2 Å². The van der Waals surface area contributed by atoms with Gasteiger partial charge in [0.25, 0.3) is 0 Å². The number of carbonyl (C=O) groups excluding carboxylic acids is 1. The van der Waals surface area contributed by atoms with E-state index in [9.17, 15) is 13.2 Å². The molecule has 1 aliphatic heterocycles. The average molecular weight is 377 g/mol. The van der Waals surface area contributed by atoms with Crippen molar-refractivity contribution in [3.8, 4) is 5.75 Å². The topological polar surface area (TPSA) is 69.7 Å². The number of halogens is 1. The van der Waals surface area contributed by atoms with Gasteiger partial charge in [-0.3, -0.25) is 4.79 Å². The first-order valence-corrected chi connectivity index (χ1v) is 8.95. The van der Waals surface area contributed by atoms with E-state index >= 15 is 0 Å². The Morgan fingerprint density at radius 3 is 2.71 bits per heavy atom. The Bertz CT molecular complexity index is 654. The molecule has 0 saturated heterocycles. The summed E-state index contributed by atoms with van der Waals surface area (Å²) in [6.07, 6.45) is 0.720. The minimum atomic E-state index is -3.51. The Morgan fingerprint density at radius 2 is 2.05 bits per heavy atom. The van der Waals surface area contributed by atoms with E-state index < -0.39 is 15.1 Å². The van der Waals surface area contributed by atoms with Crippen molar-refractivity contribution in [3.63, 3.8) is 0 Å². The van der Waals surface area contributed by atoms with Gasteiger partial charge < -0.3 is 9.47 Å². The molecule has 0 radical (unpaired) electrons. The lowest BCUT2D eigenvalue weighted by atomic mass is 10.1. The molecule has 0 amide bonds. The van der Waals surface area contributed by atoms with Gasteiger partial charge in [0.15, 0.2) is 15.6 Å². The molecule has 0 saturated carbocycles. The molecule has 21 heavy (non-hydrogen) atoms. The Hall–Kier alpha value is -0.920. The van der Waals surface area contributed by atoms with Crippen molar-refractivity contribution >= 4 is 31.6 Å². The number of Topliss-reactive ketones (excluding diaryl/α,β-unsaturated/α-hetero) is 1. The van der Waals surface area contributed by atoms with Crippen LogP contribution in [-0.4, -0.2) is 39.8 Å². The molecule has 1 aromatic rings. The molecule has 5 nitrogen and oxygen atoms in total. The van der Waals surface area contributed by atoms with Gasteiger partial charge in [0, 0.05) is 32.1 Å². The third-order valence-corrected chi connectivity index (χ3v) is 6.67. The normalized spacial score (nSPS) is 20.1. The van der Waals surface area contributed by atoms with Crippen LogP contribution in [0.3, 0.4) is 0 Å². The molecule has 1 unspecified atom stereocenters. The van der Waals surface area contributed by atoms with Crippen LogP contribution in [0.1, 0.15) is 30.1 Å². The molecule has 1 heterocycles. The number of hydrogen-bond donors (Lipinski definition) is 0. The van der Waals surface area contributed by atoms with E-state index in [1.807, 2.05) is 0 Å². The van der Waals surface area contributed by atoms with Gasteiger partial charge in [-0.25, -0.2) is 8.42 Å². The Balaban J connectivity index is 2.38. The van der Waals surface area contributed by atoms with Crippen molar-refractivity contribution in [1.82, 2.24) is 0 Å². The van der Waals surface area contributed by atoms with Gasteiger partial charge >= 0.3 is 0 Å². The number of carbonyl (C=O) groups is 1. The molecular weight excluding hydrogens is 360 g/mol. The van der Waals surface area contributed by atoms with Crippen molar-refractivity contribution in [2.45, 2.75) is 29.9 Å². The van der Waals surface area contributed by atoms with Gasteiger partial charge in [0.2, 0.25) is 0 Å². The highest BCUT2D eigenvalue weighted by Crippen LogP contribution is 2.40. The molecule has 0 fully saturated rings. The van der Waals surface area contributed by atoms with Crippen LogP contribution in [0.5, 0.6) is 5.75 Å². The highest BCUT2D eigenvalue weighted by atomic mass is 79.9. The van der Waals surface area contributed by atoms with Crippen LogP contribution in [0.15, 0.2) is 21.5 Å².